The van der Waals surface area contributed by atoms with Crippen LogP contribution in [0, 0.1) is 0 Å². The van der Waals surface area contributed by atoms with Gasteiger partial charge in [0.25, 0.3) is 5.91 Å². The number of ether oxygens (including phenoxy) is 1. The maximum atomic E-state index is 11.7. The van der Waals surface area contributed by atoms with Crippen LogP contribution in [0.4, 0.5) is 0 Å². The van der Waals surface area contributed by atoms with Crippen molar-refractivity contribution in [1.29, 1.82) is 0 Å². The Labute approximate surface area is 173 Å². The van der Waals surface area contributed by atoms with Gasteiger partial charge < -0.3 is 15.5 Å². The molecule has 1 aliphatic rings. The van der Waals surface area contributed by atoms with E-state index in [0.717, 1.165) is 23.3 Å². The van der Waals surface area contributed by atoms with E-state index in [0.29, 0.717) is 22.2 Å². The van der Waals surface area contributed by atoms with Crippen molar-refractivity contribution >= 4 is 23.2 Å². The minimum Gasteiger partial charge on any atom is -0.457 e. The predicted octanol–water partition coefficient (Wildman–Crippen LogP) is 4.33. The number of carbonyl (C=O) groups excluding carboxylic acids is 1. The lowest BCUT2D eigenvalue weighted by atomic mass is 9.99. The molecule has 7 heteroatoms. The van der Waals surface area contributed by atoms with Gasteiger partial charge in [0.05, 0.1) is 11.8 Å². The smallest absolute Gasteiger partial charge is 0.269 e. The molecule has 0 radical (unpaired) electrons. The molecule has 2 N–H and O–H groups in total. The van der Waals surface area contributed by atoms with Gasteiger partial charge in [-0.2, -0.15) is 5.10 Å². The molecule has 29 heavy (non-hydrogen) atoms. The largest absolute Gasteiger partial charge is 0.457 e. The Morgan fingerprint density at radius 2 is 1.86 bits per heavy atom. The number of pyridine rings is 1. The van der Waals surface area contributed by atoms with E-state index in [4.69, 9.17) is 16.3 Å². The van der Waals surface area contributed by atoms with Crippen LogP contribution in [0.5, 0.6) is 11.5 Å². The van der Waals surface area contributed by atoms with Gasteiger partial charge in [0, 0.05) is 30.8 Å². The fraction of sp³-hybridized carbons (Fsp3) is 0.136. The number of amides is 1. The molecule has 3 aromatic rings. The molecule has 1 unspecified atom stereocenters. The van der Waals surface area contributed by atoms with Crippen molar-refractivity contribution in [2.45, 2.75) is 12.5 Å². The molecule has 1 aromatic heterocycles. The summed E-state index contributed by atoms with van der Waals surface area (Å²) in [7, 11) is 1.56. The number of hydrogen-bond donors (Lipinski definition) is 2. The highest BCUT2D eigenvalue weighted by Crippen LogP contribution is 2.28. The Morgan fingerprint density at radius 1 is 1.10 bits per heavy atom. The zero-order valence-electron chi connectivity index (χ0n) is 15.7. The lowest BCUT2D eigenvalue weighted by Gasteiger charge is -2.12. The first kappa shape index (κ1) is 19.0. The number of benzene rings is 2. The van der Waals surface area contributed by atoms with Crippen molar-refractivity contribution in [3.63, 3.8) is 0 Å². The van der Waals surface area contributed by atoms with Crippen LogP contribution < -0.4 is 15.5 Å². The van der Waals surface area contributed by atoms with Crippen LogP contribution in [0.2, 0.25) is 5.02 Å². The Morgan fingerprint density at radius 3 is 2.59 bits per heavy atom. The fourth-order valence-electron chi connectivity index (χ4n) is 3.09. The minimum atomic E-state index is -0.255. The van der Waals surface area contributed by atoms with Crippen LogP contribution in [-0.2, 0) is 0 Å². The molecule has 1 atom stereocenters. The first-order valence-corrected chi connectivity index (χ1v) is 9.54. The topological polar surface area (TPSA) is 75.6 Å². The van der Waals surface area contributed by atoms with Crippen LogP contribution in [-0.4, -0.2) is 23.7 Å². The van der Waals surface area contributed by atoms with E-state index in [2.05, 4.69) is 20.8 Å². The molecular formula is C22H19ClN4O2. The van der Waals surface area contributed by atoms with Gasteiger partial charge in [0.2, 0.25) is 0 Å². The summed E-state index contributed by atoms with van der Waals surface area (Å²) in [5, 5.41) is 7.73. The molecule has 0 fully saturated rings. The third-order valence-corrected chi connectivity index (χ3v) is 4.89. The molecule has 0 spiro atoms. The third kappa shape index (κ3) is 4.38. The number of rotatable bonds is 5. The van der Waals surface area contributed by atoms with Gasteiger partial charge in [-0.3, -0.25) is 9.78 Å². The molecule has 146 valence electrons. The van der Waals surface area contributed by atoms with E-state index in [9.17, 15) is 4.79 Å². The molecular weight excluding hydrogens is 388 g/mol. The van der Waals surface area contributed by atoms with E-state index in [1.807, 2.05) is 48.5 Å². The summed E-state index contributed by atoms with van der Waals surface area (Å²) in [6, 6.07) is 18.9. The van der Waals surface area contributed by atoms with Crippen molar-refractivity contribution in [2.75, 3.05) is 7.05 Å². The lowest BCUT2D eigenvalue weighted by Crippen LogP contribution is -2.18. The van der Waals surface area contributed by atoms with Crippen LogP contribution in [0.15, 0.2) is 72.0 Å². The Kier molecular flexibility index (Phi) is 5.44. The highest BCUT2D eigenvalue weighted by molar-refractivity contribution is 6.30. The standard InChI is InChI=1S/C22H19ClN4O2/c1-24-22(28)21-12-18(10-11-25-21)29-17-8-4-15(5-9-17)20-13-19(26-27-20)14-2-6-16(23)7-3-14/h2-12,20,27H,13H2,1H3,(H,24,28). The number of halogens is 1. The Hall–Kier alpha value is -3.38. The maximum Gasteiger partial charge on any atom is 0.269 e. The minimum absolute atomic E-state index is 0.107. The lowest BCUT2D eigenvalue weighted by molar-refractivity contribution is 0.0958. The van der Waals surface area contributed by atoms with E-state index in [-0.39, 0.29) is 11.9 Å². The van der Waals surface area contributed by atoms with Gasteiger partial charge in [0.15, 0.2) is 0 Å². The van der Waals surface area contributed by atoms with Crippen LogP contribution >= 0.6 is 11.6 Å². The van der Waals surface area contributed by atoms with Crippen LogP contribution in [0.3, 0.4) is 0 Å². The van der Waals surface area contributed by atoms with Gasteiger partial charge in [-0.25, -0.2) is 0 Å². The van der Waals surface area contributed by atoms with E-state index in [1.165, 1.54) is 0 Å². The zero-order chi connectivity index (χ0) is 20.2. The molecule has 0 aliphatic carbocycles. The molecule has 1 amide bonds. The number of aromatic nitrogens is 1. The summed E-state index contributed by atoms with van der Waals surface area (Å²) >= 11 is 5.96. The second-order valence-electron chi connectivity index (χ2n) is 6.58. The van der Waals surface area contributed by atoms with Gasteiger partial charge in [-0.05, 0) is 41.5 Å². The summed E-state index contributed by atoms with van der Waals surface area (Å²) in [6.07, 6.45) is 2.34. The summed E-state index contributed by atoms with van der Waals surface area (Å²) in [5.74, 6) is 0.980. The number of hydrogen-bond acceptors (Lipinski definition) is 5. The number of nitrogens with one attached hydrogen (secondary N) is 2. The average Bonchev–Trinajstić information content (AvgIpc) is 3.24. The first-order valence-electron chi connectivity index (χ1n) is 9.16. The van der Waals surface area contributed by atoms with Gasteiger partial charge in [-0.15, -0.1) is 0 Å². The highest BCUT2D eigenvalue weighted by atomic mass is 35.5. The summed E-state index contributed by atoms with van der Waals surface area (Å²) in [4.78, 5) is 15.7. The van der Waals surface area contributed by atoms with E-state index in [1.54, 1.807) is 25.4 Å². The van der Waals surface area contributed by atoms with Crippen molar-refractivity contribution in [1.82, 2.24) is 15.7 Å². The molecule has 0 saturated heterocycles. The highest BCUT2D eigenvalue weighted by Gasteiger charge is 2.21. The van der Waals surface area contributed by atoms with Crippen LogP contribution in [0.1, 0.15) is 34.1 Å². The van der Waals surface area contributed by atoms with Crippen LogP contribution in [0.25, 0.3) is 0 Å². The fourth-order valence-corrected chi connectivity index (χ4v) is 3.21. The zero-order valence-corrected chi connectivity index (χ0v) is 16.5. The first-order chi connectivity index (χ1) is 14.1. The molecule has 1 aliphatic heterocycles. The SMILES string of the molecule is CNC(=O)c1cc(Oc2ccc(C3CC(c4ccc(Cl)cc4)=NN3)cc2)ccn1. The predicted molar refractivity (Wildman–Crippen MR) is 113 cm³/mol. The maximum absolute atomic E-state index is 11.7. The second-order valence-corrected chi connectivity index (χ2v) is 7.01. The normalized spacial score (nSPS) is 15.4. The van der Waals surface area contributed by atoms with Gasteiger partial charge in [0.1, 0.15) is 17.2 Å². The molecule has 2 aromatic carbocycles. The third-order valence-electron chi connectivity index (χ3n) is 4.64. The van der Waals surface area contributed by atoms with Crippen molar-refractivity contribution in [3.05, 3.63) is 88.7 Å². The second kappa shape index (κ2) is 8.32. The molecule has 0 bridgehead atoms. The van der Waals surface area contributed by atoms with Crippen molar-refractivity contribution in [3.8, 4) is 11.5 Å². The van der Waals surface area contributed by atoms with Crippen molar-refractivity contribution < 1.29 is 9.53 Å². The summed E-state index contributed by atoms with van der Waals surface area (Å²) in [5.41, 5.74) is 6.69. The van der Waals surface area contributed by atoms with Gasteiger partial charge >= 0.3 is 0 Å². The summed E-state index contributed by atoms with van der Waals surface area (Å²) in [6.45, 7) is 0. The molecule has 6 nitrogen and oxygen atoms in total. The van der Waals surface area contributed by atoms with E-state index >= 15 is 0 Å². The monoisotopic (exact) mass is 406 g/mol. The van der Waals surface area contributed by atoms with E-state index < -0.39 is 0 Å². The molecule has 4 rings (SSSR count). The molecule has 0 saturated carbocycles. The quantitative estimate of drug-likeness (QED) is 0.661. The Balaban J connectivity index is 1.41. The summed E-state index contributed by atoms with van der Waals surface area (Å²) < 4.78 is 5.85. The van der Waals surface area contributed by atoms with Crippen molar-refractivity contribution in [2.24, 2.45) is 5.10 Å². The average molecular weight is 407 g/mol. The number of nitrogens with zero attached hydrogens (tertiary/aromatic N) is 2. The number of hydrazone groups is 1. The van der Waals surface area contributed by atoms with Gasteiger partial charge in [-0.1, -0.05) is 35.9 Å². The Bertz CT molecular complexity index is 1050. The molecule has 2 heterocycles. The number of carbonyl (C=O) groups is 1.